The summed E-state index contributed by atoms with van der Waals surface area (Å²) >= 11 is 0. The molecule has 0 heteroatoms. The summed E-state index contributed by atoms with van der Waals surface area (Å²) in [5.74, 6) is 4.16. The molecule has 0 saturated heterocycles. The summed E-state index contributed by atoms with van der Waals surface area (Å²) in [6.45, 7) is 7.75. The van der Waals surface area contributed by atoms with E-state index in [1.165, 1.54) is 57.8 Å². The molecule has 3 fully saturated rings. The van der Waals surface area contributed by atoms with E-state index in [-0.39, 0.29) is 0 Å². The largest absolute Gasteiger partial charge is 0.0848 e. The Morgan fingerprint density at radius 3 is 2.71 bits per heavy atom. The van der Waals surface area contributed by atoms with Gasteiger partial charge < -0.3 is 0 Å². The van der Waals surface area contributed by atoms with Gasteiger partial charge in [-0.05, 0) is 92.3 Å². The molecule has 0 aromatic rings. The SMILES string of the molecule is CC[C@@H]1CC[C@H]2[C@@H]3CCC4=CCCC[C@]4(C)[C@H]3CC[C@]12C. The maximum Gasteiger partial charge on any atom is -0.00853 e. The first-order valence-corrected chi connectivity index (χ1v) is 9.79. The first-order valence-electron chi connectivity index (χ1n) is 9.79. The smallest absolute Gasteiger partial charge is 0.00853 e. The van der Waals surface area contributed by atoms with Gasteiger partial charge in [0.1, 0.15) is 0 Å². The lowest BCUT2D eigenvalue weighted by Gasteiger charge is -2.58. The predicted molar refractivity (Wildman–Crippen MR) is 90.1 cm³/mol. The Labute approximate surface area is 131 Å². The second-order valence-electron chi connectivity index (χ2n) is 9.18. The fourth-order valence-electron chi connectivity index (χ4n) is 7.53. The van der Waals surface area contributed by atoms with Gasteiger partial charge in [-0.1, -0.05) is 38.8 Å². The minimum absolute atomic E-state index is 0.590. The second-order valence-corrected chi connectivity index (χ2v) is 9.18. The van der Waals surface area contributed by atoms with E-state index in [1.54, 1.807) is 6.42 Å². The predicted octanol–water partition coefficient (Wildman–Crippen LogP) is 6.37. The molecule has 0 radical (unpaired) electrons. The van der Waals surface area contributed by atoms with Crippen LogP contribution in [0.4, 0.5) is 0 Å². The maximum atomic E-state index is 2.67. The average Bonchev–Trinajstić information content (AvgIpc) is 2.83. The van der Waals surface area contributed by atoms with Crippen LogP contribution >= 0.6 is 0 Å². The third-order valence-corrected chi connectivity index (χ3v) is 8.72. The van der Waals surface area contributed by atoms with Crippen molar-refractivity contribution >= 4 is 0 Å². The van der Waals surface area contributed by atoms with Gasteiger partial charge in [-0.15, -0.1) is 0 Å². The Morgan fingerprint density at radius 2 is 1.90 bits per heavy atom. The topological polar surface area (TPSA) is 0 Å². The minimum atomic E-state index is 0.590. The number of hydrogen-bond donors (Lipinski definition) is 0. The third-order valence-electron chi connectivity index (χ3n) is 8.72. The van der Waals surface area contributed by atoms with Crippen LogP contribution in [0, 0.1) is 34.5 Å². The lowest BCUT2D eigenvalue weighted by Crippen LogP contribution is -2.50. The van der Waals surface area contributed by atoms with Crippen LogP contribution in [0.15, 0.2) is 11.6 Å². The summed E-state index contributed by atoms with van der Waals surface area (Å²) in [7, 11) is 0. The maximum absolute atomic E-state index is 2.67. The Morgan fingerprint density at radius 1 is 1.05 bits per heavy atom. The molecule has 4 aliphatic rings. The van der Waals surface area contributed by atoms with Crippen molar-refractivity contribution in [2.24, 2.45) is 34.5 Å². The van der Waals surface area contributed by atoms with Crippen molar-refractivity contribution in [3.63, 3.8) is 0 Å². The van der Waals surface area contributed by atoms with E-state index >= 15 is 0 Å². The van der Waals surface area contributed by atoms with Crippen molar-refractivity contribution < 1.29 is 0 Å². The van der Waals surface area contributed by atoms with Gasteiger partial charge >= 0.3 is 0 Å². The van der Waals surface area contributed by atoms with E-state index in [4.69, 9.17) is 0 Å². The monoisotopic (exact) mass is 286 g/mol. The van der Waals surface area contributed by atoms with E-state index < -0.39 is 0 Å². The van der Waals surface area contributed by atoms with Crippen LogP contribution in [0.25, 0.3) is 0 Å². The molecule has 118 valence electrons. The highest BCUT2D eigenvalue weighted by molar-refractivity contribution is 5.23. The van der Waals surface area contributed by atoms with Gasteiger partial charge in [0.05, 0.1) is 0 Å². The molecular weight excluding hydrogens is 252 g/mol. The molecule has 4 aliphatic carbocycles. The highest BCUT2D eigenvalue weighted by Gasteiger charge is 2.57. The number of hydrogen-bond acceptors (Lipinski definition) is 0. The van der Waals surface area contributed by atoms with Crippen LogP contribution in [-0.2, 0) is 0 Å². The fraction of sp³-hybridized carbons (Fsp3) is 0.905. The molecule has 21 heavy (non-hydrogen) atoms. The molecule has 0 amide bonds. The normalized spacial score (nSPS) is 52.6. The molecule has 0 heterocycles. The molecule has 3 saturated carbocycles. The Balaban J connectivity index is 1.66. The van der Waals surface area contributed by atoms with Gasteiger partial charge in [-0.3, -0.25) is 0 Å². The number of allylic oxidation sites excluding steroid dienone is 2. The molecule has 0 unspecified atom stereocenters. The Kier molecular flexibility index (Phi) is 3.32. The summed E-state index contributed by atoms with van der Waals surface area (Å²) in [6.07, 6.45) is 17.4. The van der Waals surface area contributed by atoms with E-state index in [0.717, 1.165) is 23.7 Å². The summed E-state index contributed by atoms with van der Waals surface area (Å²) in [5, 5.41) is 0. The zero-order chi connectivity index (χ0) is 14.7. The van der Waals surface area contributed by atoms with Gasteiger partial charge in [0.15, 0.2) is 0 Å². The van der Waals surface area contributed by atoms with Gasteiger partial charge in [-0.2, -0.15) is 0 Å². The molecular formula is C21H34. The van der Waals surface area contributed by atoms with Gasteiger partial charge in [-0.25, -0.2) is 0 Å². The van der Waals surface area contributed by atoms with Crippen molar-refractivity contribution in [1.29, 1.82) is 0 Å². The van der Waals surface area contributed by atoms with E-state index in [1.807, 2.05) is 5.57 Å². The van der Waals surface area contributed by atoms with Crippen LogP contribution in [-0.4, -0.2) is 0 Å². The molecule has 6 atom stereocenters. The first kappa shape index (κ1) is 14.3. The number of rotatable bonds is 1. The van der Waals surface area contributed by atoms with Crippen LogP contribution < -0.4 is 0 Å². The quantitative estimate of drug-likeness (QED) is 0.492. The summed E-state index contributed by atoms with van der Waals surface area (Å²) < 4.78 is 0. The fourth-order valence-corrected chi connectivity index (χ4v) is 7.53. The standard InChI is InChI=1S/C21H34/c1-4-15-9-11-18-17-10-8-16-7-5-6-13-20(16,2)19(17)12-14-21(15,18)3/h7,15,17-19H,4-6,8-14H2,1-3H3/t15-,17+,18+,19+,20+,21-/m1/s1. The lowest BCUT2D eigenvalue weighted by molar-refractivity contribution is -0.0515. The molecule has 0 spiro atoms. The zero-order valence-corrected chi connectivity index (χ0v) is 14.5. The van der Waals surface area contributed by atoms with Gasteiger partial charge in [0, 0.05) is 0 Å². The van der Waals surface area contributed by atoms with Crippen LogP contribution in [0.2, 0.25) is 0 Å². The lowest BCUT2D eigenvalue weighted by atomic mass is 9.47. The Bertz CT molecular complexity index is 447. The molecule has 0 bridgehead atoms. The van der Waals surface area contributed by atoms with Gasteiger partial charge in [0.2, 0.25) is 0 Å². The molecule has 0 aliphatic heterocycles. The molecule has 0 nitrogen and oxygen atoms in total. The molecule has 0 aromatic carbocycles. The first-order chi connectivity index (χ1) is 10.1. The zero-order valence-electron chi connectivity index (χ0n) is 14.5. The van der Waals surface area contributed by atoms with Crippen molar-refractivity contribution in [3.8, 4) is 0 Å². The molecule has 0 N–H and O–H groups in total. The average molecular weight is 287 g/mol. The van der Waals surface area contributed by atoms with E-state index in [2.05, 4.69) is 26.8 Å². The Hall–Kier alpha value is -0.260. The van der Waals surface area contributed by atoms with Crippen LogP contribution in [0.1, 0.15) is 85.0 Å². The highest BCUT2D eigenvalue weighted by atomic mass is 14.6. The summed E-state index contributed by atoms with van der Waals surface area (Å²) in [4.78, 5) is 0. The van der Waals surface area contributed by atoms with Crippen molar-refractivity contribution in [2.75, 3.05) is 0 Å². The van der Waals surface area contributed by atoms with Crippen molar-refractivity contribution in [2.45, 2.75) is 85.0 Å². The molecule has 0 aromatic heterocycles. The van der Waals surface area contributed by atoms with Crippen molar-refractivity contribution in [3.05, 3.63) is 11.6 Å². The van der Waals surface area contributed by atoms with Crippen LogP contribution in [0.3, 0.4) is 0 Å². The van der Waals surface area contributed by atoms with Crippen molar-refractivity contribution in [1.82, 2.24) is 0 Å². The number of fused-ring (bicyclic) bond motifs is 5. The molecule has 4 rings (SSSR count). The highest BCUT2D eigenvalue weighted by Crippen LogP contribution is 2.67. The third kappa shape index (κ3) is 1.86. The minimum Gasteiger partial charge on any atom is -0.0848 e. The van der Waals surface area contributed by atoms with Crippen LogP contribution in [0.5, 0.6) is 0 Å². The summed E-state index contributed by atoms with van der Waals surface area (Å²) in [5.41, 5.74) is 3.15. The van der Waals surface area contributed by atoms with E-state index in [9.17, 15) is 0 Å². The summed E-state index contributed by atoms with van der Waals surface area (Å²) in [6, 6.07) is 0. The van der Waals surface area contributed by atoms with E-state index in [0.29, 0.717) is 10.8 Å². The second kappa shape index (κ2) is 4.87. The van der Waals surface area contributed by atoms with Gasteiger partial charge in [0.25, 0.3) is 0 Å².